The molecule has 4 rings (SSSR count). The van der Waals surface area contributed by atoms with E-state index >= 15 is 0 Å². The van der Waals surface area contributed by atoms with Gasteiger partial charge in [0.05, 0.1) is 20.8 Å². The number of aromatic hydroxyl groups is 1. The van der Waals surface area contributed by atoms with Crippen molar-refractivity contribution in [1.29, 1.82) is 0 Å². The Bertz CT molecular complexity index is 1400. The first kappa shape index (κ1) is 28.4. The molecule has 5 atom stereocenters. The molecule has 1 saturated heterocycles. The maximum absolute atomic E-state index is 13.4. The number of allylic oxidation sites excluding steroid dienone is 2. The molecule has 11 heteroatoms. The highest BCUT2D eigenvalue weighted by Crippen LogP contribution is 2.41. The summed E-state index contributed by atoms with van der Waals surface area (Å²) in [4.78, 5) is 13.4. The van der Waals surface area contributed by atoms with Gasteiger partial charge in [-0.15, -0.1) is 0 Å². The average molecular weight is 545 g/mol. The highest BCUT2D eigenvalue weighted by molar-refractivity contribution is 5.91. The molecule has 0 saturated carbocycles. The third-order valence-corrected chi connectivity index (χ3v) is 6.55. The monoisotopic (exact) mass is 544 g/mol. The normalized spacial score (nSPS) is 22.9. The lowest BCUT2D eigenvalue weighted by molar-refractivity contribution is -0.277. The lowest BCUT2D eigenvalue weighted by atomic mass is 9.99. The van der Waals surface area contributed by atoms with Gasteiger partial charge < -0.3 is 48.9 Å². The van der Waals surface area contributed by atoms with Crippen LogP contribution in [0.4, 0.5) is 0 Å². The molecule has 3 aromatic rings. The van der Waals surface area contributed by atoms with Crippen molar-refractivity contribution in [2.24, 2.45) is 0 Å². The molecular formula is C28H32O11. The minimum Gasteiger partial charge on any atom is -0.502 e. The van der Waals surface area contributed by atoms with Gasteiger partial charge in [-0.25, -0.2) is 0 Å². The van der Waals surface area contributed by atoms with E-state index in [-0.39, 0.29) is 34.6 Å². The van der Waals surface area contributed by atoms with Gasteiger partial charge in [-0.1, -0.05) is 11.6 Å². The van der Waals surface area contributed by atoms with Crippen molar-refractivity contribution >= 4 is 11.0 Å². The van der Waals surface area contributed by atoms with E-state index in [1.807, 2.05) is 19.9 Å². The summed E-state index contributed by atoms with van der Waals surface area (Å²) >= 11 is 0. The second-order valence-electron chi connectivity index (χ2n) is 9.40. The van der Waals surface area contributed by atoms with Gasteiger partial charge in [0.2, 0.25) is 17.5 Å². The Kier molecular flexibility index (Phi) is 8.48. The molecular weight excluding hydrogens is 512 g/mol. The summed E-state index contributed by atoms with van der Waals surface area (Å²) in [6, 6.07) is 7.96. The second kappa shape index (κ2) is 11.6. The molecule has 0 amide bonds. The van der Waals surface area contributed by atoms with Crippen LogP contribution in [0.2, 0.25) is 0 Å². The molecule has 1 aliphatic rings. The van der Waals surface area contributed by atoms with E-state index < -0.39 is 48.5 Å². The first-order chi connectivity index (χ1) is 18.6. The molecule has 0 aliphatic carbocycles. The Morgan fingerprint density at radius 1 is 1.00 bits per heavy atom. The van der Waals surface area contributed by atoms with Gasteiger partial charge in [0, 0.05) is 17.2 Å². The number of rotatable bonds is 8. The SMILES string of the molecule is COc1ccc(-c2oc3c(CC=C(C)C)c(O[C@@H]4OC(CO)[C@@H](O)[C@H](O)[C@H]4O)cc(OC)c3c(=O)c2O)cc1. The third-order valence-electron chi connectivity index (χ3n) is 6.55. The number of aliphatic hydroxyl groups excluding tert-OH is 4. The van der Waals surface area contributed by atoms with Crippen LogP contribution in [0.15, 0.2) is 51.2 Å². The Morgan fingerprint density at radius 2 is 1.69 bits per heavy atom. The van der Waals surface area contributed by atoms with Crippen molar-refractivity contribution in [2.75, 3.05) is 20.8 Å². The lowest BCUT2D eigenvalue weighted by Gasteiger charge is -2.39. The fraction of sp³-hybridized carbons (Fsp3) is 0.393. The van der Waals surface area contributed by atoms with Crippen molar-refractivity contribution in [2.45, 2.75) is 51.0 Å². The van der Waals surface area contributed by atoms with Crippen LogP contribution in [0, 0.1) is 0 Å². The van der Waals surface area contributed by atoms with Crippen LogP contribution in [-0.4, -0.2) is 77.1 Å². The molecule has 0 bridgehead atoms. The van der Waals surface area contributed by atoms with Gasteiger partial charge in [0.25, 0.3) is 0 Å². The minimum atomic E-state index is -1.66. The molecule has 0 spiro atoms. The molecule has 1 fully saturated rings. The van der Waals surface area contributed by atoms with Crippen molar-refractivity contribution in [1.82, 2.24) is 0 Å². The van der Waals surface area contributed by atoms with E-state index in [0.717, 1.165) is 5.57 Å². The van der Waals surface area contributed by atoms with Gasteiger partial charge in [0.1, 0.15) is 52.6 Å². The fourth-order valence-electron chi connectivity index (χ4n) is 4.35. The van der Waals surface area contributed by atoms with E-state index in [1.54, 1.807) is 24.3 Å². The first-order valence-electron chi connectivity index (χ1n) is 12.3. The zero-order valence-corrected chi connectivity index (χ0v) is 22.0. The van der Waals surface area contributed by atoms with Crippen molar-refractivity contribution in [3.63, 3.8) is 0 Å². The summed E-state index contributed by atoms with van der Waals surface area (Å²) < 4.78 is 28.3. The molecule has 1 unspecified atom stereocenters. The molecule has 2 aromatic carbocycles. The van der Waals surface area contributed by atoms with Crippen LogP contribution in [0.3, 0.4) is 0 Å². The first-order valence-corrected chi connectivity index (χ1v) is 12.3. The Hall–Kier alpha value is -3.61. The van der Waals surface area contributed by atoms with Gasteiger partial charge in [-0.3, -0.25) is 4.79 Å². The topological polar surface area (TPSA) is 168 Å². The van der Waals surface area contributed by atoms with Gasteiger partial charge in [-0.05, 0) is 44.5 Å². The maximum atomic E-state index is 13.4. The molecule has 210 valence electrons. The summed E-state index contributed by atoms with van der Waals surface area (Å²) in [6.45, 7) is 3.14. The highest BCUT2D eigenvalue weighted by Gasteiger charge is 2.45. The van der Waals surface area contributed by atoms with Gasteiger partial charge >= 0.3 is 0 Å². The lowest BCUT2D eigenvalue weighted by Crippen LogP contribution is -2.60. The predicted octanol–water partition coefficient (Wildman–Crippen LogP) is 1.87. The van der Waals surface area contributed by atoms with E-state index in [1.165, 1.54) is 20.3 Å². The number of fused-ring (bicyclic) bond motifs is 1. The predicted molar refractivity (Wildman–Crippen MR) is 140 cm³/mol. The summed E-state index contributed by atoms with van der Waals surface area (Å²) in [5, 5.41) is 51.3. The number of aliphatic hydroxyl groups is 4. The highest BCUT2D eigenvalue weighted by atomic mass is 16.7. The number of ether oxygens (including phenoxy) is 4. The summed E-state index contributed by atoms with van der Waals surface area (Å²) in [5.74, 6) is -0.00328. The van der Waals surface area contributed by atoms with Crippen LogP contribution in [0.5, 0.6) is 23.0 Å². The number of methoxy groups -OCH3 is 2. The maximum Gasteiger partial charge on any atom is 0.238 e. The number of hydrogen-bond acceptors (Lipinski definition) is 11. The Balaban J connectivity index is 1.94. The van der Waals surface area contributed by atoms with Gasteiger partial charge in [0.15, 0.2) is 5.76 Å². The fourth-order valence-corrected chi connectivity index (χ4v) is 4.35. The minimum absolute atomic E-state index is 0.0226. The molecule has 39 heavy (non-hydrogen) atoms. The van der Waals surface area contributed by atoms with Crippen molar-refractivity contribution in [3.8, 4) is 34.3 Å². The zero-order chi connectivity index (χ0) is 28.4. The van der Waals surface area contributed by atoms with E-state index in [0.29, 0.717) is 16.9 Å². The van der Waals surface area contributed by atoms with Crippen LogP contribution < -0.4 is 19.6 Å². The van der Waals surface area contributed by atoms with E-state index in [2.05, 4.69) is 0 Å². The third kappa shape index (κ3) is 5.45. The van der Waals surface area contributed by atoms with Crippen molar-refractivity contribution < 1.29 is 48.9 Å². The molecule has 0 radical (unpaired) electrons. The second-order valence-corrected chi connectivity index (χ2v) is 9.40. The molecule has 1 aliphatic heterocycles. The van der Waals surface area contributed by atoms with E-state index in [4.69, 9.17) is 23.4 Å². The summed E-state index contributed by atoms with van der Waals surface area (Å²) in [7, 11) is 2.84. The standard InChI is InChI=1S/C28H32O11/c1-13(2)5-10-16-17(37-28-25(34)23(32)21(30)19(12-29)38-28)11-18(36-4)20-22(31)24(33)26(39-27(16)20)14-6-8-15(35-3)9-7-14/h5-9,11,19,21,23,25,28-30,32-34H,10,12H2,1-4H3/t19?,21-,23+,25-,28-/m1/s1. The Morgan fingerprint density at radius 3 is 2.28 bits per heavy atom. The zero-order valence-electron chi connectivity index (χ0n) is 22.0. The van der Waals surface area contributed by atoms with E-state index in [9.17, 15) is 30.3 Å². The molecule has 11 nitrogen and oxygen atoms in total. The Labute approximate surface area is 224 Å². The summed E-state index contributed by atoms with van der Waals surface area (Å²) in [6.07, 6.45) is -5.48. The number of benzene rings is 2. The molecule has 5 N–H and O–H groups in total. The number of hydrogen-bond donors (Lipinski definition) is 5. The molecule has 1 aromatic heterocycles. The van der Waals surface area contributed by atoms with Crippen molar-refractivity contribution in [3.05, 3.63) is 57.8 Å². The largest absolute Gasteiger partial charge is 0.502 e. The smallest absolute Gasteiger partial charge is 0.238 e. The summed E-state index contributed by atoms with van der Waals surface area (Å²) in [5.41, 5.74) is 1.08. The average Bonchev–Trinajstić information content (AvgIpc) is 2.93. The quantitative estimate of drug-likeness (QED) is 0.263. The van der Waals surface area contributed by atoms with Crippen LogP contribution in [-0.2, 0) is 11.2 Å². The van der Waals surface area contributed by atoms with Crippen LogP contribution >= 0.6 is 0 Å². The van der Waals surface area contributed by atoms with Crippen LogP contribution in [0.25, 0.3) is 22.3 Å². The van der Waals surface area contributed by atoms with Gasteiger partial charge in [-0.2, -0.15) is 0 Å². The van der Waals surface area contributed by atoms with Crippen LogP contribution in [0.1, 0.15) is 19.4 Å². The molecule has 2 heterocycles.